The van der Waals surface area contributed by atoms with Crippen LogP contribution in [0.2, 0.25) is 0 Å². The van der Waals surface area contributed by atoms with E-state index in [4.69, 9.17) is 0 Å². The molecule has 2 aliphatic heterocycles. The lowest BCUT2D eigenvalue weighted by atomic mass is 9.91. The number of fused-ring (bicyclic) bond motifs is 1. The molecule has 1 saturated heterocycles. The molecule has 0 unspecified atom stereocenters. The van der Waals surface area contributed by atoms with Gasteiger partial charge in [-0.25, -0.2) is 0 Å². The van der Waals surface area contributed by atoms with Gasteiger partial charge in [0.05, 0.1) is 0 Å². The molecule has 2 aliphatic rings. The smallest absolute Gasteiger partial charge is 0.223 e. The molecule has 0 spiro atoms. The highest BCUT2D eigenvalue weighted by Crippen LogP contribution is 2.25. The van der Waals surface area contributed by atoms with E-state index in [9.17, 15) is 4.79 Å². The Morgan fingerprint density at radius 2 is 2.04 bits per heavy atom. The van der Waals surface area contributed by atoms with Crippen LogP contribution in [0.15, 0.2) is 24.3 Å². The summed E-state index contributed by atoms with van der Waals surface area (Å²) < 4.78 is 0. The average molecular weight is 366 g/mol. The van der Waals surface area contributed by atoms with Gasteiger partial charge in [-0.1, -0.05) is 24.3 Å². The molecule has 2 N–H and O–H groups in total. The lowest BCUT2D eigenvalue weighted by Crippen LogP contribution is -2.54. The summed E-state index contributed by atoms with van der Waals surface area (Å²) in [5.41, 5.74) is 2.87. The molecule has 4 nitrogen and oxygen atoms in total. The highest BCUT2D eigenvalue weighted by atomic mass is 35.5. The fourth-order valence-electron chi connectivity index (χ4n) is 3.94. The molecule has 0 bridgehead atoms. The maximum absolute atomic E-state index is 12.5. The zero-order valence-electron chi connectivity index (χ0n) is 15.7. The summed E-state index contributed by atoms with van der Waals surface area (Å²) in [6, 6.07) is 9.16. The number of rotatable bonds is 4. The summed E-state index contributed by atoms with van der Waals surface area (Å²) in [7, 11) is 0. The monoisotopic (exact) mass is 365 g/mol. The Balaban J connectivity index is 0.00000225. The summed E-state index contributed by atoms with van der Waals surface area (Å²) in [5.74, 6) is 0.396. The highest BCUT2D eigenvalue weighted by molar-refractivity contribution is 5.85. The van der Waals surface area contributed by atoms with Crippen molar-refractivity contribution in [2.45, 2.75) is 58.2 Å². The molecule has 0 aromatic heterocycles. The van der Waals surface area contributed by atoms with Crippen molar-refractivity contribution < 1.29 is 4.79 Å². The van der Waals surface area contributed by atoms with Crippen LogP contribution in [0.4, 0.5) is 0 Å². The molecule has 140 valence electrons. The van der Waals surface area contributed by atoms with E-state index in [0.717, 1.165) is 38.9 Å². The van der Waals surface area contributed by atoms with E-state index in [1.165, 1.54) is 11.1 Å². The number of nitrogens with one attached hydrogen (secondary N) is 2. The number of carbonyl (C=O) groups is 1. The van der Waals surface area contributed by atoms with E-state index in [-0.39, 0.29) is 29.8 Å². The van der Waals surface area contributed by atoms with Crippen molar-refractivity contribution in [1.29, 1.82) is 0 Å². The van der Waals surface area contributed by atoms with Crippen LogP contribution in [-0.2, 0) is 17.8 Å². The molecule has 5 heteroatoms. The molecule has 2 heterocycles. The van der Waals surface area contributed by atoms with Gasteiger partial charge in [0.1, 0.15) is 0 Å². The number of hydrogen-bond acceptors (Lipinski definition) is 3. The van der Waals surface area contributed by atoms with E-state index < -0.39 is 0 Å². The van der Waals surface area contributed by atoms with Crippen molar-refractivity contribution in [2.75, 3.05) is 19.6 Å². The van der Waals surface area contributed by atoms with Gasteiger partial charge in [0.25, 0.3) is 0 Å². The van der Waals surface area contributed by atoms with Crippen LogP contribution in [0.3, 0.4) is 0 Å². The van der Waals surface area contributed by atoms with Crippen molar-refractivity contribution >= 4 is 18.3 Å². The van der Waals surface area contributed by atoms with Crippen LogP contribution in [-0.4, -0.2) is 42.0 Å². The van der Waals surface area contributed by atoms with Gasteiger partial charge in [-0.3, -0.25) is 9.69 Å². The summed E-state index contributed by atoms with van der Waals surface area (Å²) in [4.78, 5) is 15.0. The van der Waals surface area contributed by atoms with E-state index in [0.29, 0.717) is 12.6 Å². The lowest BCUT2D eigenvalue weighted by molar-refractivity contribution is -0.126. The van der Waals surface area contributed by atoms with Gasteiger partial charge in [-0.05, 0) is 57.7 Å². The van der Waals surface area contributed by atoms with Crippen LogP contribution < -0.4 is 10.6 Å². The summed E-state index contributed by atoms with van der Waals surface area (Å²) in [5, 5.41) is 6.64. The van der Waals surface area contributed by atoms with E-state index in [1.807, 2.05) is 0 Å². The lowest BCUT2D eigenvalue weighted by Gasteiger charge is -2.42. The molecule has 2 atom stereocenters. The molecule has 0 aliphatic carbocycles. The van der Waals surface area contributed by atoms with Crippen LogP contribution in [0, 0.1) is 5.92 Å². The quantitative estimate of drug-likeness (QED) is 0.862. The Bertz CT molecular complexity index is 590. The molecular formula is C20H32ClN3O. The van der Waals surface area contributed by atoms with Crippen molar-refractivity contribution in [1.82, 2.24) is 15.5 Å². The first-order valence-electron chi connectivity index (χ1n) is 9.28. The molecule has 1 aromatic carbocycles. The minimum absolute atomic E-state index is 0. The normalized spacial score (nSPS) is 24.1. The molecule has 25 heavy (non-hydrogen) atoms. The molecule has 1 amide bonds. The predicted molar refractivity (Wildman–Crippen MR) is 105 cm³/mol. The van der Waals surface area contributed by atoms with Gasteiger partial charge in [0.2, 0.25) is 5.91 Å². The van der Waals surface area contributed by atoms with Crippen molar-refractivity contribution in [3.8, 4) is 0 Å². The first-order chi connectivity index (χ1) is 11.5. The molecule has 3 rings (SSSR count). The van der Waals surface area contributed by atoms with Crippen molar-refractivity contribution in [3.63, 3.8) is 0 Å². The Morgan fingerprint density at radius 1 is 1.32 bits per heavy atom. The first kappa shape index (κ1) is 20.2. The molecule has 0 saturated carbocycles. The number of hydrogen-bond donors (Lipinski definition) is 2. The topological polar surface area (TPSA) is 44.4 Å². The summed E-state index contributed by atoms with van der Waals surface area (Å²) >= 11 is 0. The minimum Gasteiger partial charge on any atom is -0.354 e. The fraction of sp³-hybridized carbons (Fsp3) is 0.650. The van der Waals surface area contributed by atoms with Crippen molar-refractivity contribution in [2.24, 2.45) is 5.92 Å². The largest absolute Gasteiger partial charge is 0.354 e. The van der Waals surface area contributed by atoms with E-state index in [1.54, 1.807) is 0 Å². The zero-order valence-corrected chi connectivity index (χ0v) is 16.5. The third kappa shape index (κ3) is 4.96. The van der Waals surface area contributed by atoms with Crippen LogP contribution in [0.25, 0.3) is 0 Å². The maximum Gasteiger partial charge on any atom is 0.223 e. The molecule has 0 radical (unpaired) electrons. The summed E-state index contributed by atoms with van der Waals surface area (Å²) in [6.07, 6.45) is 3.00. The zero-order chi connectivity index (χ0) is 17.2. The van der Waals surface area contributed by atoms with Gasteiger partial charge in [-0.2, -0.15) is 0 Å². The summed E-state index contributed by atoms with van der Waals surface area (Å²) in [6.45, 7) is 10.3. The van der Waals surface area contributed by atoms with Gasteiger partial charge >= 0.3 is 0 Å². The van der Waals surface area contributed by atoms with E-state index >= 15 is 0 Å². The number of benzene rings is 1. The second kappa shape index (κ2) is 8.52. The van der Waals surface area contributed by atoms with E-state index in [2.05, 4.69) is 60.6 Å². The van der Waals surface area contributed by atoms with Gasteiger partial charge in [0, 0.05) is 37.1 Å². The number of halogens is 1. The Hall–Kier alpha value is -1.10. The number of carbonyl (C=O) groups excluding carboxylic acids is 1. The maximum atomic E-state index is 12.5. The number of piperidine rings is 1. The van der Waals surface area contributed by atoms with Gasteiger partial charge < -0.3 is 10.6 Å². The minimum atomic E-state index is -0.0261. The number of nitrogens with zero attached hydrogens (tertiary/aromatic N) is 1. The highest BCUT2D eigenvalue weighted by Gasteiger charge is 2.31. The Morgan fingerprint density at radius 3 is 2.76 bits per heavy atom. The standard InChI is InChI=1S/C20H31N3O.ClH/c1-15-12-17(8-10-21-15)19(24)22-14-20(2,3)23-11-9-16-6-4-5-7-18(16)13-23;/h4-7,15,17,21H,8-14H2,1-3H3,(H,22,24);1H/t15-,17-;/m0./s1. The second-order valence-corrected chi connectivity index (χ2v) is 8.05. The number of amides is 1. The Labute approximate surface area is 158 Å². The van der Waals surface area contributed by atoms with Gasteiger partial charge in [-0.15, -0.1) is 12.4 Å². The predicted octanol–water partition coefficient (Wildman–Crippen LogP) is 2.75. The van der Waals surface area contributed by atoms with Gasteiger partial charge in [0.15, 0.2) is 0 Å². The average Bonchev–Trinajstić information content (AvgIpc) is 2.59. The van der Waals surface area contributed by atoms with Crippen LogP contribution >= 0.6 is 12.4 Å². The van der Waals surface area contributed by atoms with Crippen molar-refractivity contribution in [3.05, 3.63) is 35.4 Å². The molecule has 1 aromatic rings. The molecule has 1 fully saturated rings. The third-order valence-corrected chi connectivity index (χ3v) is 5.68. The Kier molecular flexibility index (Phi) is 6.89. The fourth-order valence-corrected chi connectivity index (χ4v) is 3.94. The first-order valence-corrected chi connectivity index (χ1v) is 9.28. The SMILES string of the molecule is C[C@H]1C[C@@H](C(=O)NCC(C)(C)N2CCc3ccccc3C2)CCN1.Cl. The van der Waals surface area contributed by atoms with Crippen LogP contribution in [0.5, 0.6) is 0 Å². The molecular weight excluding hydrogens is 334 g/mol. The van der Waals surface area contributed by atoms with Crippen LogP contribution in [0.1, 0.15) is 44.7 Å². The second-order valence-electron chi connectivity index (χ2n) is 8.05. The third-order valence-electron chi connectivity index (χ3n) is 5.68.